The molecule has 0 heterocycles. The van der Waals surface area contributed by atoms with Crippen molar-refractivity contribution in [2.24, 2.45) is 0 Å². The van der Waals surface area contributed by atoms with Gasteiger partial charge in [0.1, 0.15) is 0 Å². The molecule has 0 spiro atoms. The van der Waals surface area contributed by atoms with E-state index in [1.54, 1.807) is 13.5 Å². The van der Waals surface area contributed by atoms with Gasteiger partial charge in [-0.15, -0.1) is 0 Å². The van der Waals surface area contributed by atoms with Gasteiger partial charge in [0.25, 0.3) is 0 Å². The van der Waals surface area contributed by atoms with Crippen LogP contribution in [-0.4, -0.2) is 26.2 Å². The Morgan fingerprint density at radius 1 is 1.43 bits per heavy atom. The number of hydrogen-bond acceptors (Lipinski definition) is 2. The van der Waals surface area contributed by atoms with Crippen molar-refractivity contribution in [3.63, 3.8) is 0 Å². The van der Waals surface area contributed by atoms with Crippen LogP contribution in [0.5, 0.6) is 0 Å². The van der Waals surface area contributed by atoms with Crippen LogP contribution in [0.25, 0.3) is 0 Å². The maximum atomic E-state index is 10.2. The van der Waals surface area contributed by atoms with Gasteiger partial charge in [-0.25, -0.2) is 0 Å². The first-order chi connectivity index (χ1) is 6.86. The average molecular weight is 192 g/mol. The summed E-state index contributed by atoms with van der Waals surface area (Å²) in [6.07, 6.45) is 2.46. The molecule has 0 saturated carbocycles. The van der Waals surface area contributed by atoms with E-state index < -0.39 is 0 Å². The summed E-state index contributed by atoms with van der Waals surface area (Å²) < 4.78 is 4.99. The average Bonchev–Trinajstić information content (AvgIpc) is 2.20. The second-order valence-corrected chi connectivity index (χ2v) is 3.09. The predicted octanol–water partition coefficient (Wildman–Crippen LogP) is 0.901. The zero-order chi connectivity index (χ0) is 10.2. The molecular formula is C11H14NO2. The lowest BCUT2D eigenvalue weighted by Gasteiger charge is -2.14. The quantitative estimate of drug-likeness (QED) is 0.680. The van der Waals surface area contributed by atoms with E-state index in [-0.39, 0.29) is 6.04 Å². The minimum Gasteiger partial charge on any atom is -0.383 e. The minimum absolute atomic E-state index is 0.0000926. The van der Waals surface area contributed by atoms with Gasteiger partial charge in [-0.1, -0.05) is 30.3 Å². The van der Waals surface area contributed by atoms with E-state index in [0.29, 0.717) is 6.61 Å². The molecule has 1 N–H and O–H groups in total. The van der Waals surface area contributed by atoms with Crippen molar-refractivity contribution in [2.45, 2.75) is 12.5 Å². The highest BCUT2D eigenvalue weighted by atomic mass is 16.5. The normalized spacial score (nSPS) is 12.1. The van der Waals surface area contributed by atoms with E-state index in [9.17, 15) is 4.79 Å². The molecule has 1 aromatic rings. The number of hydrogen-bond donors (Lipinski definition) is 1. The van der Waals surface area contributed by atoms with Gasteiger partial charge in [0.15, 0.2) is 0 Å². The SMILES string of the molecule is COC[C@H](Cc1ccccc1)N[C]=O. The Hall–Kier alpha value is -1.35. The van der Waals surface area contributed by atoms with Crippen molar-refractivity contribution in [1.29, 1.82) is 0 Å². The Labute approximate surface area is 84.1 Å². The smallest absolute Gasteiger partial charge is 0.309 e. The van der Waals surface area contributed by atoms with Gasteiger partial charge in [-0.3, -0.25) is 4.79 Å². The largest absolute Gasteiger partial charge is 0.383 e. The number of amides is 1. The molecule has 3 heteroatoms. The molecule has 1 atom stereocenters. The molecule has 0 aromatic heterocycles. The lowest BCUT2D eigenvalue weighted by Crippen LogP contribution is -2.34. The zero-order valence-corrected chi connectivity index (χ0v) is 8.19. The first-order valence-corrected chi connectivity index (χ1v) is 4.52. The number of ether oxygens (including phenoxy) is 1. The third-order valence-corrected chi connectivity index (χ3v) is 1.96. The Morgan fingerprint density at radius 2 is 2.14 bits per heavy atom. The van der Waals surface area contributed by atoms with E-state index in [0.717, 1.165) is 6.42 Å². The maximum Gasteiger partial charge on any atom is 0.309 e. The summed E-state index contributed by atoms with van der Waals surface area (Å²) in [5, 5.41) is 2.60. The molecule has 0 fully saturated rings. The molecule has 1 amide bonds. The highest BCUT2D eigenvalue weighted by Gasteiger charge is 2.07. The summed E-state index contributed by atoms with van der Waals surface area (Å²) in [6.45, 7) is 0.504. The van der Waals surface area contributed by atoms with Crippen LogP contribution in [0.15, 0.2) is 30.3 Å². The van der Waals surface area contributed by atoms with Crippen LogP contribution in [0.2, 0.25) is 0 Å². The molecule has 1 rings (SSSR count). The van der Waals surface area contributed by atoms with E-state index >= 15 is 0 Å². The number of methoxy groups -OCH3 is 1. The van der Waals surface area contributed by atoms with Crippen molar-refractivity contribution in [1.82, 2.24) is 5.32 Å². The van der Waals surface area contributed by atoms with Gasteiger partial charge < -0.3 is 10.1 Å². The topological polar surface area (TPSA) is 38.3 Å². The fourth-order valence-corrected chi connectivity index (χ4v) is 1.33. The summed E-state index contributed by atoms with van der Waals surface area (Å²) in [7, 11) is 1.62. The second kappa shape index (κ2) is 6.16. The van der Waals surface area contributed by atoms with Gasteiger partial charge in [0.05, 0.1) is 12.6 Å². The van der Waals surface area contributed by atoms with Crippen LogP contribution in [0.3, 0.4) is 0 Å². The summed E-state index contributed by atoms with van der Waals surface area (Å²) in [6, 6.07) is 9.96. The van der Waals surface area contributed by atoms with E-state index in [1.165, 1.54) is 5.56 Å². The van der Waals surface area contributed by atoms with Crippen molar-refractivity contribution in [2.75, 3.05) is 13.7 Å². The molecule has 3 nitrogen and oxygen atoms in total. The van der Waals surface area contributed by atoms with Gasteiger partial charge in [0.2, 0.25) is 0 Å². The Morgan fingerprint density at radius 3 is 2.71 bits per heavy atom. The third-order valence-electron chi connectivity index (χ3n) is 1.96. The van der Waals surface area contributed by atoms with Crippen LogP contribution < -0.4 is 5.32 Å². The Bertz CT molecular complexity index is 261. The van der Waals surface area contributed by atoms with Crippen molar-refractivity contribution < 1.29 is 9.53 Å². The van der Waals surface area contributed by atoms with E-state index in [2.05, 4.69) is 5.32 Å². The van der Waals surface area contributed by atoms with Crippen molar-refractivity contribution >= 4 is 6.41 Å². The van der Waals surface area contributed by atoms with Gasteiger partial charge in [-0.2, -0.15) is 0 Å². The summed E-state index contributed by atoms with van der Waals surface area (Å²) in [5.74, 6) is 0. The molecule has 0 saturated heterocycles. The number of nitrogens with one attached hydrogen (secondary N) is 1. The number of benzene rings is 1. The molecule has 1 radical (unpaired) electrons. The van der Waals surface area contributed by atoms with Crippen LogP contribution >= 0.6 is 0 Å². The Kier molecular flexibility index (Phi) is 4.72. The van der Waals surface area contributed by atoms with Crippen LogP contribution in [0.4, 0.5) is 0 Å². The van der Waals surface area contributed by atoms with Crippen molar-refractivity contribution in [3.05, 3.63) is 35.9 Å². The van der Waals surface area contributed by atoms with E-state index in [1.807, 2.05) is 30.3 Å². The standard InChI is InChI=1S/C11H14NO2/c1-14-8-11(12-9-13)7-10-5-3-2-4-6-10/h2-6,11H,7-8H2,1H3,(H,12,13)/t11-/m0/s1. The second-order valence-electron chi connectivity index (χ2n) is 3.09. The first-order valence-electron chi connectivity index (χ1n) is 4.52. The monoisotopic (exact) mass is 192 g/mol. The van der Waals surface area contributed by atoms with E-state index in [4.69, 9.17) is 4.74 Å². The number of carbonyl (C=O) groups excluding carboxylic acids is 1. The van der Waals surface area contributed by atoms with Crippen LogP contribution in [-0.2, 0) is 16.0 Å². The molecule has 0 bridgehead atoms. The Balaban J connectivity index is 2.50. The van der Waals surface area contributed by atoms with Gasteiger partial charge >= 0.3 is 6.41 Å². The summed E-state index contributed by atoms with van der Waals surface area (Å²) >= 11 is 0. The minimum atomic E-state index is -0.0000926. The molecule has 14 heavy (non-hydrogen) atoms. The predicted molar refractivity (Wildman–Crippen MR) is 54.6 cm³/mol. The molecule has 0 unspecified atom stereocenters. The van der Waals surface area contributed by atoms with Crippen LogP contribution in [0, 0.1) is 0 Å². The molecule has 0 aliphatic carbocycles. The molecule has 0 aliphatic rings. The summed E-state index contributed by atoms with van der Waals surface area (Å²) in [5.41, 5.74) is 1.18. The zero-order valence-electron chi connectivity index (χ0n) is 8.19. The highest BCUT2D eigenvalue weighted by molar-refractivity contribution is 5.47. The summed E-state index contributed by atoms with van der Waals surface area (Å²) in [4.78, 5) is 10.2. The molecule has 1 aromatic carbocycles. The fraction of sp³-hybridized carbons (Fsp3) is 0.364. The van der Waals surface area contributed by atoms with Crippen LogP contribution in [0.1, 0.15) is 5.56 Å². The molecular weight excluding hydrogens is 178 g/mol. The molecule has 75 valence electrons. The third kappa shape index (κ3) is 3.58. The lowest BCUT2D eigenvalue weighted by atomic mass is 10.1. The highest BCUT2D eigenvalue weighted by Crippen LogP contribution is 2.02. The fourth-order valence-electron chi connectivity index (χ4n) is 1.33. The molecule has 0 aliphatic heterocycles. The first kappa shape index (κ1) is 10.7. The maximum absolute atomic E-state index is 10.2. The van der Waals surface area contributed by atoms with Gasteiger partial charge in [0, 0.05) is 7.11 Å². The lowest BCUT2D eigenvalue weighted by molar-refractivity contribution is 0.173. The van der Waals surface area contributed by atoms with Gasteiger partial charge in [-0.05, 0) is 12.0 Å². The van der Waals surface area contributed by atoms with Crippen molar-refractivity contribution in [3.8, 4) is 0 Å². The number of rotatable bonds is 6.